The van der Waals surface area contributed by atoms with Crippen LogP contribution in [0.2, 0.25) is 0 Å². The number of nitrogens with zero attached hydrogens (tertiary/aromatic N) is 5. The number of pyridine rings is 1. The molecule has 2 aromatic heterocycles. The van der Waals surface area contributed by atoms with Crippen LogP contribution >= 0.6 is 0 Å². The van der Waals surface area contributed by atoms with Gasteiger partial charge in [-0.1, -0.05) is 11.2 Å². The maximum atomic E-state index is 12.0. The van der Waals surface area contributed by atoms with E-state index in [0.717, 1.165) is 25.3 Å². The van der Waals surface area contributed by atoms with E-state index in [9.17, 15) is 4.79 Å². The summed E-state index contributed by atoms with van der Waals surface area (Å²) in [6.45, 7) is 4.32. The molecule has 9 heteroatoms. The van der Waals surface area contributed by atoms with Gasteiger partial charge in [0.15, 0.2) is 11.8 Å². The summed E-state index contributed by atoms with van der Waals surface area (Å²) in [4.78, 5) is 27.1. The van der Waals surface area contributed by atoms with Gasteiger partial charge in [-0.15, -0.1) is 0 Å². The third-order valence-electron chi connectivity index (χ3n) is 4.54. The van der Waals surface area contributed by atoms with Crippen LogP contribution in [0, 0.1) is 5.92 Å². The number of guanidine groups is 1. The molecule has 0 bridgehead atoms. The van der Waals surface area contributed by atoms with Crippen LogP contribution in [-0.2, 0) is 16.0 Å². The molecule has 1 aliphatic heterocycles. The number of likely N-dealkylation sites (tertiary alicyclic amines) is 1. The van der Waals surface area contributed by atoms with Crippen molar-refractivity contribution < 1.29 is 14.1 Å². The van der Waals surface area contributed by atoms with E-state index in [2.05, 4.69) is 30.3 Å². The van der Waals surface area contributed by atoms with E-state index in [0.29, 0.717) is 43.5 Å². The van der Waals surface area contributed by atoms with Crippen molar-refractivity contribution in [3.8, 4) is 11.6 Å². The van der Waals surface area contributed by atoms with Crippen molar-refractivity contribution in [2.75, 3.05) is 33.3 Å². The molecule has 2 aromatic rings. The average molecular weight is 386 g/mol. The van der Waals surface area contributed by atoms with Gasteiger partial charge in [0.2, 0.25) is 0 Å². The lowest BCUT2D eigenvalue weighted by Crippen LogP contribution is -2.48. The first-order valence-corrected chi connectivity index (χ1v) is 9.57. The molecule has 1 atom stereocenters. The molecule has 150 valence electrons. The number of rotatable bonds is 6. The van der Waals surface area contributed by atoms with Crippen molar-refractivity contribution in [3.05, 3.63) is 30.2 Å². The van der Waals surface area contributed by atoms with Gasteiger partial charge in [0.05, 0.1) is 12.5 Å². The Balaban J connectivity index is 1.51. The number of piperidine rings is 1. The van der Waals surface area contributed by atoms with Crippen LogP contribution in [-0.4, -0.2) is 65.2 Å². The Morgan fingerprint density at radius 3 is 3.11 bits per heavy atom. The molecular formula is C19H26N6O3. The Kier molecular flexibility index (Phi) is 6.94. The number of ether oxygens (including phenoxy) is 1. The summed E-state index contributed by atoms with van der Waals surface area (Å²) in [7, 11) is 1.74. The van der Waals surface area contributed by atoms with Gasteiger partial charge in [0.1, 0.15) is 5.69 Å². The van der Waals surface area contributed by atoms with E-state index < -0.39 is 0 Å². The first-order valence-electron chi connectivity index (χ1n) is 9.57. The largest absolute Gasteiger partial charge is 0.466 e. The summed E-state index contributed by atoms with van der Waals surface area (Å²) in [6, 6.07) is 5.54. The number of hydrogen-bond donors (Lipinski definition) is 1. The SMILES string of the molecule is CCOC(=O)C1CCCN(C(=NC)NCCc2noc(-c3ccccn3)n2)C1. The lowest BCUT2D eigenvalue weighted by Gasteiger charge is -2.33. The van der Waals surface area contributed by atoms with Crippen LogP contribution < -0.4 is 5.32 Å². The number of carbonyl (C=O) groups is 1. The van der Waals surface area contributed by atoms with Gasteiger partial charge < -0.3 is 19.5 Å². The zero-order chi connectivity index (χ0) is 19.8. The van der Waals surface area contributed by atoms with Gasteiger partial charge in [-0.3, -0.25) is 14.8 Å². The Morgan fingerprint density at radius 2 is 2.36 bits per heavy atom. The van der Waals surface area contributed by atoms with Gasteiger partial charge in [0, 0.05) is 39.3 Å². The molecule has 1 unspecified atom stereocenters. The maximum absolute atomic E-state index is 12.0. The van der Waals surface area contributed by atoms with Gasteiger partial charge in [-0.25, -0.2) is 0 Å². The Bertz CT molecular complexity index is 792. The highest BCUT2D eigenvalue weighted by Gasteiger charge is 2.28. The van der Waals surface area contributed by atoms with Crippen molar-refractivity contribution in [3.63, 3.8) is 0 Å². The Labute approximate surface area is 164 Å². The molecule has 3 heterocycles. The van der Waals surface area contributed by atoms with E-state index in [4.69, 9.17) is 9.26 Å². The molecule has 0 aromatic carbocycles. The minimum atomic E-state index is -0.128. The normalized spacial score (nSPS) is 17.4. The predicted molar refractivity (Wildman–Crippen MR) is 104 cm³/mol. The van der Waals surface area contributed by atoms with Gasteiger partial charge in [-0.2, -0.15) is 4.98 Å². The minimum absolute atomic E-state index is 0.106. The second-order valence-electron chi connectivity index (χ2n) is 6.49. The second-order valence-corrected chi connectivity index (χ2v) is 6.49. The summed E-state index contributed by atoms with van der Waals surface area (Å²) in [5, 5.41) is 7.32. The van der Waals surface area contributed by atoms with Crippen LogP contribution in [0.5, 0.6) is 0 Å². The number of aliphatic imine (C=N–C) groups is 1. The smallest absolute Gasteiger partial charge is 0.310 e. The number of esters is 1. The topological polar surface area (TPSA) is 106 Å². The summed E-state index contributed by atoms with van der Waals surface area (Å²) < 4.78 is 10.4. The van der Waals surface area contributed by atoms with E-state index in [-0.39, 0.29) is 11.9 Å². The van der Waals surface area contributed by atoms with Crippen LogP contribution in [0.4, 0.5) is 0 Å². The van der Waals surface area contributed by atoms with Crippen molar-refractivity contribution in [2.24, 2.45) is 10.9 Å². The van der Waals surface area contributed by atoms with Crippen molar-refractivity contribution in [2.45, 2.75) is 26.2 Å². The third-order valence-corrected chi connectivity index (χ3v) is 4.54. The van der Waals surface area contributed by atoms with Crippen LogP contribution in [0.3, 0.4) is 0 Å². The highest BCUT2D eigenvalue weighted by molar-refractivity contribution is 5.81. The molecule has 28 heavy (non-hydrogen) atoms. The summed E-state index contributed by atoms with van der Waals surface area (Å²) in [5.74, 6) is 1.55. The van der Waals surface area contributed by atoms with Crippen molar-refractivity contribution >= 4 is 11.9 Å². The summed E-state index contributed by atoms with van der Waals surface area (Å²) in [6.07, 6.45) is 4.06. The fraction of sp³-hybridized carbons (Fsp3) is 0.526. The lowest BCUT2D eigenvalue weighted by molar-refractivity contribution is -0.149. The van der Waals surface area contributed by atoms with Crippen LogP contribution in [0.25, 0.3) is 11.6 Å². The molecule has 1 aliphatic rings. The summed E-state index contributed by atoms with van der Waals surface area (Å²) in [5.41, 5.74) is 0.656. The van der Waals surface area contributed by atoms with E-state index in [1.807, 2.05) is 25.1 Å². The number of nitrogens with one attached hydrogen (secondary N) is 1. The van der Waals surface area contributed by atoms with Crippen molar-refractivity contribution in [1.29, 1.82) is 0 Å². The first kappa shape index (κ1) is 19.8. The molecule has 1 N–H and O–H groups in total. The molecule has 3 rings (SSSR count). The third kappa shape index (κ3) is 5.05. The summed E-state index contributed by atoms with van der Waals surface area (Å²) >= 11 is 0. The zero-order valence-corrected chi connectivity index (χ0v) is 16.3. The van der Waals surface area contributed by atoms with Gasteiger partial charge in [-0.05, 0) is 31.9 Å². The first-order chi connectivity index (χ1) is 13.7. The highest BCUT2D eigenvalue weighted by atomic mass is 16.5. The quantitative estimate of drug-likeness (QED) is 0.453. The van der Waals surface area contributed by atoms with Crippen LogP contribution in [0.1, 0.15) is 25.6 Å². The predicted octanol–water partition coefficient (Wildman–Crippen LogP) is 1.52. The van der Waals surface area contributed by atoms with E-state index >= 15 is 0 Å². The molecule has 1 fully saturated rings. The fourth-order valence-electron chi connectivity index (χ4n) is 3.19. The molecule has 9 nitrogen and oxygen atoms in total. The van der Waals surface area contributed by atoms with Crippen LogP contribution in [0.15, 0.2) is 33.9 Å². The highest BCUT2D eigenvalue weighted by Crippen LogP contribution is 2.18. The molecule has 0 radical (unpaired) electrons. The molecule has 1 saturated heterocycles. The average Bonchev–Trinajstić information content (AvgIpc) is 3.21. The lowest BCUT2D eigenvalue weighted by atomic mass is 9.98. The molecule has 0 aliphatic carbocycles. The molecule has 0 amide bonds. The van der Waals surface area contributed by atoms with Crippen molar-refractivity contribution in [1.82, 2.24) is 25.3 Å². The van der Waals surface area contributed by atoms with E-state index in [1.165, 1.54) is 0 Å². The number of hydrogen-bond acceptors (Lipinski definition) is 7. The maximum Gasteiger partial charge on any atom is 0.310 e. The monoisotopic (exact) mass is 386 g/mol. The minimum Gasteiger partial charge on any atom is -0.466 e. The van der Waals surface area contributed by atoms with Gasteiger partial charge >= 0.3 is 5.97 Å². The van der Waals surface area contributed by atoms with E-state index in [1.54, 1.807) is 13.2 Å². The Morgan fingerprint density at radius 1 is 1.46 bits per heavy atom. The molecule has 0 saturated carbocycles. The number of carbonyl (C=O) groups excluding carboxylic acids is 1. The Hall–Kier alpha value is -2.97. The molecule has 0 spiro atoms. The number of aromatic nitrogens is 3. The zero-order valence-electron chi connectivity index (χ0n) is 16.3. The van der Waals surface area contributed by atoms with Gasteiger partial charge in [0.25, 0.3) is 5.89 Å². The molecular weight excluding hydrogens is 360 g/mol. The standard InChI is InChI=1S/C19H26N6O3/c1-3-27-18(26)14-7-6-12-25(13-14)19(20-2)22-11-9-16-23-17(28-24-16)15-8-4-5-10-21-15/h4-5,8,10,14H,3,6-7,9,11-13H2,1-2H3,(H,20,22). The second kappa shape index (κ2) is 9.82. The fourth-order valence-corrected chi connectivity index (χ4v) is 3.19.